The molecule has 0 atom stereocenters. The minimum atomic E-state index is -3.76. The van der Waals surface area contributed by atoms with E-state index in [4.69, 9.17) is 4.52 Å². The van der Waals surface area contributed by atoms with Crippen LogP contribution in [0.4, 0.5) is 0 Å². The largest absolute Gasteiger partial charge is 0.355 e. The average molecular weight is 464 g/mol. The van der Waals surface area contributed by atoms with Crippen LogP contribution in [-0.2, 0) is 16.6 Å². The molecule has 1 aliphatic rings. The summed E-state index contributed by atoms with van der Waals surface area (Å²) in [6.45, 7) is 1.52. The van der Waals surface area contributed by atoms with E-state index in [1.54, 1.807) is 4.90 Å². The third kappa shape index (κ3) is 3.82. The van der Waals surface area contributed by atoms with E-state index < -0.39 is 10.0 Å². The Morgan fingerprint density at radius 2 is 1.86 bits per heavy atom. The number of hydrogen-bond donors (Lipinski definition) is 1. The van der Waals surface area contributed by atoms with Gasteiger partial charge in [-0.05, 0) is 48.7 Å². The Morgan fingerprint density at radius 3 is 2.57 bits per heavy atom. The number of fused-ring (bicyclic) bond motifs is 1. The van der Waals surface area contributed by atoms with Crippen molar-refractivity contribution in [3.63, 3.8) is 0 Å². The van der Waals surface area contributed by atoms with Gasteiger partial charge in [-0.25, -0.2) is 13.1 Å². The minimum Gasteiger partial charge on any atom is -0.355 e. The van der Waals surface area contributed by atoms with Crippen molar-refractivity contribution in [3.05, 3.63) is 58.2 Å². The van der Waals surface area contributed by atoms with E-state index in [0.29, 0.717) is 24.1 Å². The van der Waals surface area contributed by atoms with Gasteiger partial charge in [0.1, 0.15) is 0 Å². The van der Waals surface area contributed by atoms with Crippen LogP contribution in [0, 0.1) is 0 Å². The number of sulfonamides is 1. The smallest absolute Gasteiger partial charge is 0.276 e. The second-order valence-corrected chi connectivity index (χ2v) is 9.32. The van der Waals surface area contributed by atoms with E-state index in [1.807, 2.05) is 24.3 Å². The number of halogens is 1. The van der Waals surface area contributed by atoms with Crippen molar-refractivity contribution in [1.82, 2.24) is 14.8 Å². The summed E-state index contributed by atoms with van der Waals surface area (Å²) in [5, 5.41) is 4.28. The first kappa shape index (κ1) is 19.1. The zero-order chi connectivity index (χ0) is 19.7. The number of likely N-dealkylation sites (tertiary alicyclic amines) is 1. The molecule has 4 rings (SSSR count). The summed E-state index contributed by atoms with van der Waals surface area (Å²) in [4.78, 5) is 14.4. The molecule has 1 fully saturated rings. The average Bonchev–Trinajstić information content (AvgIpc) is 3.36. The summed E-state index contributed by atoms with van der Waals surface area (Å²) in [6.07, 6.45) is 1.92. The molecule has 1 saturated heterocycles. The summed E-state index contributed by atoms with van der Waals surface area (Å²) in [7, 11) is -3.76. The first-order valence-electron chi connectivity index (χ1n) is 8.87. The highest BCUT2D eigenvalue weighted by atomic mass is 79.9. The summed E-state index contributed by atoms with van der Waals surface area (Å²) >= 11 is 3.35. The highest BCUT2D eigenvalue weighted by molar-refractivity contribution is 9.10. The molecule has 2 heterocycles. The molecule has 0 radical (unpaired) electrons. The van der Waals surface area contributed by atoms with E-state index >= 15 is 0 Å². The van der Waals surface area contributed by atoms with Gasteiger partial charge in [-0.15, -0.1) is 0 Å². The molecule has 28 heavy (non-hydrogen) atoms. The third-order valence-corrected chi connectivity index (χ3v) is 6.65. The Kier molecular flexibility index (Phi) is 5.22. The number of hydrogen-bond acceptors (Lipinski definition) is 5. The van der Waals surface area contributed by atoms with Crippen molar-refractivity contribution in [2.24, 2.45) is 0 Å². The monoisotopic (exact) mass is 463 g/mol. The summed E-state index contributed by atoms with van der Waals surface area (Å²) in [5.41, 5.74) is 1.37. The first-order valence-corrected chi connectivity index (χ1v) is 11.1. The second-order valence-electron chi connectivity index (χ2n) is 6.64. The molecule has 3 aromatic rings. The Bertz CT molecular complexity index is 1120. The van der Waals surface area contributed by atoms with Crippen molar-refractivity contribution in [3.8, 4) is 0 Å². The molecule has 0 aliphatic carbocycles. The quantitative estimate of drug-likeness (QED) is 0.626. The topological polar surface area (TPSA) is 92.5 Å². The van der Waals surface area contributed by atoms with Crippen LogP contribution in [0.3, 0.4) is 0 Å². The van der Waals surface area contributed by atoms with Crippen LogP contribution >= 0.6 is 15.9 Å². The summed E-state index contributed by atoms with van der Waals surface area (Å²) in [6, 6.07) is 11.8. The van der Waals surface area contributed by atoms with Crippen LogP contribution in [0.2, 0.25) is 0 Å². The predicted octanol–water partition coefficient (Wildman–Crippen LogP) is 3.30. The lowest BCUT2D eigenvalue weighted by molar-refractivity contribution is 0.0784. The molecule has 7 nitrogen and oxygen atoms in total. The van der Waals surface area contributed by atoms with Crippen LogP contribution < -0.4 is 4.72 Å². The van der Waals surface area contributed by atoms with Gasteiger partial charge in [-0.1, -0.05) is 33.2 Å². The van der Waals surface area contributed by atoms with Gasteiger partial charge in [0.25, 0.3) is 5.91 Å². The molecule has 1 aliphatic heterocycles. The van der Waals surface area contributed by atoms with Gasteiger partial charge in [-0.3, -0.25) is 4.79 Å². The molecule has 146 valence electrons. The fraction of sp³-hybridized carbons (Fsp3) is 0.263. The number of carbonyl (C=O) groups is 1. The molecular weight excluding hydrogens is 446 g/mol. The zero-order valence-electron chi connectivity index (χ0n) is 14.9. The van der Waals surface area contributed by atoms with Gasteiger partial charge in [0, 0.05) is 24.1 Å². The Labute approximate surface area is 170 Å². The van der Waals surface area contributed by atoms with Crippen LogP contribution in [0.5, 0.6) is 0 Å². The fourth-order valence-electron chi connectivity index (χ4n) is 3.17. The first-order chi connectivity index (χ1) is 13.4. The maximum Gasteiger partial charge on any atom is 0.276 e. The van der Waals surface area contributed by atoms with E-state index in [-0.39, 0.29) is 23.0 Å². The van der Waals surface area contributed by atoms with Crippen LogP contribution in [0.25, 0.3) is 11.0 Å². The maximum absolute atomic E-state index is 12.7. The van der Waals surface area contributed by atoms with E-state index in [9.17, 15) is 13.2 Å². The Morgan fingerprint density at radius 1 is 1.14 bits per heavy atom. The fourth-order valence-corrected chi connectivity index (χ4v) is 4.48. The molecule has 1 aromatic heterocycles. The number of rotatable bonds is 5. The van der Waals surface area contributed by atoms with Crippen molar-refractivity contribution in [1.29, 1.82) is 0 Å². The van der Waals surface area contributed by atoms with Gasteiger partial charge >= 0.3 is 0 Å². The lowest BCUT2D eigenvalue weighted by Crippen LogP contribution is -2.28. The SMILES string of the molecule is O=C(c1noc2ccc(S(=O)(=O)NCc3ccc(Br)cc3)cc12)N1CCCC1. The number of nitrogens with zero attached hydrogens (tertiary/aromatic N) is 2. The summed E-state index contributed by atoms with van der Waals surface area (Å²) in [5.74, 6) is -0.228. The van der Waals surface area contributed by atoms with E-state index in [0.717, 1.165) is 22.9 Å². The summed E-state index contributed by atoms with van der Waals surface area (Å²) < 4.78 is 34.1. The molecule has 1 amide bonds. The van der Waals surface area contributed by atoms with Crippen molar-refractivity contribution >= 4 is 42.8 Å². The lowest BCUT2D eigenvalue weighted by atomic mass is 10.2. The van der Waals surface area contributed by atoms with Gasteiger partial charge in [0.15, 0.2) is 11.3 Å². The van der Waals surface area contributed by atoms with E-state index in [2.05, 4.69) is 25.8 Å². The van der Waals surface area contributed by atoms with Crippen molar-refractivity contribution in [2.75, 3.05) is 13.1 Å². The molecule has 0 spiro atoms. The number of carbonyl (C=O) groups excluding carboxylic acids is 1. The van der Waals surface area contributed by atoms with Gasteiger partial charge < -0.3 is 9.42 Å². The molecule has 0 saturated carbocycles. The molecule has 1 N–H and O–H groups in total. The number of nitrogens with one attached hydrogen (secondary N) is 1. The number of amides is 1. The molecule has 9 heteroatoms. The predicted molar refractivity (Wildman–Crippen MR) is 107 cm³/mol. The molecular formula is C19H18BrN3O4S. The minimum absolute atomic E-state index is 0.0655. The maximum atomic E-state index is 12.7. The van der Waals surface area contributed by atoms with Gasteiger partial charge in [0.2, 0.25) is 10.0 Å². The van der Waals surface area contributed by atoms with Crippen LogP contribution in [0.15, 0.2) is 56.4 Å². The van der Waals surface area contributed by atoms with E-state index in [1.165, 1.54) is 18.2 Å². The third-order valence-electron chi connectivity index (χ3n) is 4.73. The van der Waals surface area contributed by atoms with Gasteiger partial charge in [0.05, 0.1) is 10.3 Å². The lowest BCUT2D eigenvalue weighted by Gasteiger charge is -2.13. The van der Waals surface area contributed by atoms with Crippen molar-refractivity contribution < 1.29 is 17.7 Å². The van der Waals surface area contributed by atoms with Gasteiger partial charge in [-0.2, -0.15) is 0 Å². The molecule has 0 unspecified atom stereocenters. The highest BCUT2D eigenvalue weighted by Crippen LogP contribution is 2.25. The number of benzene rings is 2. The van der Waals surface area contributed by atoms with Crippen LogP contribution in [-0.4, -0.2) is 37.5 Å². The zero-order valence-corrected chi connectivity index (χ0v) is 17.3. The highest BCUT2D eigenvalue weighted by Gasteiger charge is 2.26. The molecule has 0 bridgehead atoms. The normalized spacial score (nSPS) is 14.7. The van der Waals surface area contributed by atoms with Crippen LogP contribution in [0.1, 0.15) is 28.9 Å². The second kappa shape index (κ2) is 7.65. The Balaban J connectivity index is 1.59. The molecule has 2 aromatic carbocycles. The number of aromatic nitrogens is 1. The Hall–Kier alpha value is -2.23. The van der Waals surface area contributed by atoms with Crippen molar-refractivity contribution in [2.45, 2.75) is 24.3 Å². The standard InChI is InChI=1S/C19H18BrN3O4S/c20-14-5-3-13(4-6-14)12-21-28(25,26)15-7-8-17-16(11-15)18(22-27-17)19(24)23-9-1-2-10-23/h3-8,11,21H,1-2,9-10,12H2.